The summed E-state index contributed by atoms with van der Waals surface area (Å²) in [6.07, 6.45) is 7.50. The number of aliphatic imine (C=N–C) groups is 2. The number of nitrogens with zero attached hydrogens (tertiary/aromatic N) is 4. The van der Waals surface area contributed by atoms with Crippen LogP contribution in [0.2, 0.25) is 0 Å². The maximum Gasteiger partial charge on any atom is 0.168 e. The zero-order valence-electron chi connectivity index (χ0n) is 15.0. The minimum Gasteiger partial charge on any atom is -1.00 e. The fourth-order valence-corrected chi connectivity index (χ4v) is 1.55. The molecule has 0 aliphatic heterocycles. The van der Waals surface area contributed by atoms with Crippen molar-refractivity contribution in [2.75, 3.05) is 25.6 Å². The molecule has 0 radical (unpaired) electrons. The first-order valence-electron chi connectivity index (χ1n) is 7.75. The smallest absolute Gasteiger partial charge is 0.168 e. The van der Waals surface area contributed by atoms with Crippen molar-refractivity contribution in [3.8, 4) is 0 Å². The minimum absolute atomic E-state index is 0. The van der Waals surface area contributed by atoms with E-state index in [-0.39, 0.29) is 17.0 Å². The third-order valence-electron chi connectivity index (χ3n) is 2.14. The second-order valence-corrected chi connectivity index (χ2v) is 4.93. The van der Waals surface area contributed by atoms with E-state index in [1.54, 1.807) is 12.4 Å². The maximum atomic E-state index is 9.96. The summed E-state index contributed by atoms with van der Waals surface area (Å²) >= 11 is 11.9. The molecule has 0 unspecified atom stereocenters. The van der Waals surface area contributed by atoms with Crippen LogP contribution in [0, 0.1) is 0 Å². The van der Waals surface area contributed by atoms with Crippen LogP contribution in [0.1, 0.15) is 1.37 Å². The fraction of sp³-hybridized carbons (Fsp3) is 0.294. The molecule has 0 fully saturated rings. The van der Waals surface area contributed by atoms with Gasteiger partial charge in [-0.3, -0.25) is 9.37 Å². The normalized spacial score (nSPS) is 7.85. The Labute approximate surface area is 185 Å². The van der Waals surface area contributed by atoms with E-state index in [0.717, 1.165) is 18.4 Å². The Hall–Kier alpha value is -1.21. The van der Waals surface area contributed by atoms with Gasteiger partial charge in [-0.2, -0.15) is 0 Å². The third kappa shape index (κ3) is 25.0. The largest absolute Gasteiger partial charge is 1.00 e. The highest BCUT2D eigenvalue weighted by atomic mass is 79.9. The van der Waals surface area contributed by atoms with Crippen LogP contribution in [0.3, 0.4) is 0 Å². The van der Waals surface area contributed by atoms with Gasteiger partial charge in [0.2, 0.25) is 0 Å². The topological polar surface area (TPSA) is 41.5 Å². The summed E-state index contributed by atoms with van der Waals surface area (Å²) in [5, 5.41) is 5.45. The molecular weight excluding hydrogens is 503 g/mol. The molecule has 4 nitrogen and oxygen atoms in total. The molecule has 0 N–H and O–H groups in total. The van der Waals surface area contributed by atoms with Crippen molar-refractivity contribution in [1.82, 2.24) is 4.98 Å². The summed E-state index contributed by atoms with van der Waals surface area (Å²) in [4.78, 5) is 11.2. The van der Waals surface area contributed by atoms with Crippen molar-refractivity contribution >= 4 is 50.7 Å². The summed E-state index contributed by atoms with van der Waals surface area (Å²) in [6.45, 7) is 2.31. The van der Waals surface area contributed by atoms with E-state index in [1.165, 1.54) is 0 Å². The zero-order valence-corrected chi connectivity index (χ0v) is 18.9. The van der Waals surface area contributed by atoms with E-state index >= 15 is 0 Å². The monoisotopic (exact) mass is 523 g/mol. The van der Waals surface area contributed by atoms with Crippen molar-refractivity contribution in [2.45, 2.75) is 6.54 Å². The Balaban J connectivity index is -0.000000311. The van der Waals surface area contributed by atoms with Crippen LogP contribution in [0.4, 0.5) is 4.39 Å². The standard InChI is InChI=1S/C8H9N2S.C5H5N.C3H4BrNS.CH3F.BrH/c11-8-9-4-7-10-5-2-1-3-6-10;1-2-4-6-5-3-1;4-1-2-5-3-6;1-2;/h1-3,5-6H,4,7H2;1-5H;1-2H2;1H3;1H/q+1;;;;/p-1/i;;;1D;. The quantitative estimate of drug-likeness (QED) is 0.256. The molecule has 142 valence electrons. The number of hydrogen-bond acceptors (Lipinski definition) is 5. The molecule has 0 amide bonds. The van der Waals surface area contributed by atoms with Gasteiger partial charge in [-0.05, 0) is 36.6 Å². The highest BCUT2D eigenvalue weighted by Gasteiger charge is 1.93. The Morgan fingerprint density at radius 1 is 1.04 bits per heavy atom. The molecule has 0 aromatic carbocycles. The van der Waals surface area contributed by atoms with E-state index < -0.39 is 7.15 Å². The van der Waals surface area contributed by atoms with Crippen LogP contribution in [0.5, 0.6) is 0 Å². The molecule has 0 bridgehead atoms. The summed E-state index contributed by atoms with van der Waals surface area (Å²) in [7, 11) is -1.00. The van der Waals surface area contributed by atoms with Crippen molar-refractivity contribution in [3.05, 3.63) is 61.2 Å². The van der Waals surface area contributed by atoms with Crippen molar-refractivity contribution in [3.63, 3.8) is 0 Å². The Morgan fingerprint density at radius 3 is 1.88 bits per heavy atom. The van der Waals surface area contributed by atoms with Gasteiger partial charge in [0.25, 0.3) is 0 Å². The summed E-state index contributed by atoms with van der Waals surface area (Å²) in [5.41, 5.74) is 0. The summed E-state index contributed by atoms with van der Waals surface area (Å²) in [5.74, 6) is 0. The number of aromatic nitrogens is 2. The van der Waals surface area contributed by atoms with Gasteiger partial charge in [0.05, 0.1) is 25.4 Å². The van der Waals surface area contributed by atoms with Crippen molar-refractivity contribution in [1.29, 1.82) is 0 Å². The van der Waals surface area contributed by atoms with Crippen LogP contribution in [0.25, 0.3) is 0 Å². The lowest BCUT2D eigenvalue weighted by molar-refractivity contribution is -0.694. The van der Waals surface area contributed by atoms with Crippen LogP contribution in [-0.2, 0) is 6.54 Å². The van der Waals surface area contributed by atoms with Gasteiger partial charge in [0.1, 0.15) is 6.54 Å². The highest BCUT2D eigenvalue weighted by molar-refractivity contribution is 9.09. The predicted molar refractivity (Wildman–Crippen MR) is 111 cm³/mol. The number of isothiocyanates is 2. The summed E-state index contributed by atoms with van der Waals surface area (Å²) < 4.78 is 17.6. The van der Waals surface area contributed by atoms with Gasteiger partial charge in [-0.1, -0.05) is 28.1 Å². The van der Waals surface area contributed by atoms with E-state index in [0.29, 0.717) is 6.54 Å². The zero-order chi connectivity index (χ0) is 19.7. The molecule has 9 heteroatoms. The lowest BCUT2D eigenvalue weighted by Crippen LogP contribution is -3.00. The Bertz CT molecular complexity index is 588. The van der Waals surface area contributed by atoms with Gasteiger partial charge in [0.15, 0.2) is 18.9 Å². The lowest BCUT2D eigenvalue weighted by Gasteiger charge is -1.89. The molecule has 2 rings (SSSR count). The fourth-order valence-electron chi connectivity index (χ4n) is 1.20. The number of alkyl halides is 2. The van der Waals surface area contributed by atoms with Gasteiger partial charge in [-0.15, -0.1) is 0 Å². The lowest BCUT2D eigenvalue weighted by atomic mass is 10.5. The summed E-state index contributed by atoms with van der Waals surface area (Å²) in [6, 6.07) is 11.7. The molecule has 2 aromatic rings. The van der Waals surface area contributed by atoms with Crippen LogP contribution < -0.4 is 21.5 Å². The van der Waals surface area contributed by atoms with Crippen LogP contribution in [-0.4, -0.2) is 40.9 Å². The maximum absolute atomic E-state index is 9.96. The third-order valence-corrected chi connectivity index (χ3v) is 2.75. The van der Waals surface area contributed by atoms with Gasteiger partial charge < -0.3 is 17.0 Å². The first kappa shape index (κ1) is 27.0. The van der Waals surface area contributed by atoms with Crippen LogP contribution in [0.15, 0.2) is 71.2 Å². The van der Waals surface area contributed by atoms with Gasteiger partial charge >= 0.3 is 0 Å². The molecule has 2 heterocycles. The number of rotatable bonds is 5. The average molecular weight is 525 g/mol. The van der Waals surface area contributed by atoms with Crippen molar-refractivity contribution < 1.29 is 27.3 Å². The SMILES string of the molecule is S=C=NCCBr.S=C=NCC[n+]1ccccc1.[2H]CF.[Br-].c1ccncc1. The van der Waals surface area contributed by atoms with Crippen molar-refractivity contribution in [2.24, 2.45) is 9.98 Å². The van der Waals surface area contributed by atoms with E-state index in [9.17, 15) is 4.39 Å². The molecule has 0 saturated carbocycles. The number of hydrogen-bond donors (Lipinski definition) is 0. The molecule has 0 aliphatic rings. The molecule has 0 aliphatic carbocycles. The molecule has 2 aromatic heterocycles. The number of thiocarbonyl (C=S) groups is 2. The molecule has 0 atom stereocenters. The second-order valence-electron chi connectivity index (χ2n) is 3.77. The Morgan fingerprint density at radius 2 is 1.54 bits per heavy atom. The Kier molecular flexibility index (Phi) is 29.7. The highest BCUT2D eigenvalue weighted by Crippen LogP contribution is 1.77. The predicted octanol–water partition coefficient (Wildman–Crippen LogP) is 1.23. The molecule has 0 spiro atoms. The number of pyridine rings is 2. The molecule has 26 heavy (non-hydrogen) atoms. The molecule has 0 saturated heterocycles. The first-order valence-corrected chi connectivity index (χ1v) is 8.98. The average Bonchev–Trinajstić information content (AvgIpc) is 2.70. The van der Waals surface area contributed by atoms with Gasteiger partial charge in [-0.25, -0.2) is 14.6 Å². The minimum atomic E-state index is -1.00. The van der Waals surface area contributed by atoms with E-state index in [4.69, 9.17) is 1.37 Å². The first-order chi connectivity index (χ1) is 12.8. The number of halogens is 3. The van der Waals surface area contributed by atoms with Crippen LogP contribution >= 0.6 is 40.4 Å². The van der Waals surface area contributed by atoms with E-state index in [2.05, 4.69) is 70.2 Å². The second kappa shape index (κ2) is 28.6. The van der Waals surface area contributed by atoms with Gasteiger partial charge in [0, 0.05) is 29.9 Å². The van der Waals surface area contributed by atoms with E-state index in [1.807, 2.05) is 48.8 Å². The molecular formula is C17H21Br2FN4S2.